The molecule has 0 fully saturated rings. The van der Waals surface area contributed by atoms with E-state index in [1.807, 2.05) is 13.8 Å². The number of anilines is 1. The molecule has 3 N–H and O–H groups in total. The van der Waals surface area contributed by atoms with Gasteiger partial charge in [-0.2, -0.15) is 0 Å². The molecule has 0 saturated heterocycles. The number of unbranched alkanes of at least 4 members (excludes halogenated alkanes) is 2. The zero-order valence-electron chi connectivity index (χ0n) is 9.81. The Balaban J connectivity index is 2.97. The lowest BCUT2D eigenvalue weighted by Gasteiger charge is -2.11. The Labute approximate surface area is 90.7 Å². The number of hydrogen-bond acceptors (Lipinski definition) is 2. The minimum absolute atomic E-state index is 0.163. The van der Waals surface area contributed by atoms with Gasteiger partial charge in [-0.05, 0) is 37.8 Å². The number of nitrogens with one attached hydrogen (secondary N) is 1. The second-order valence-corrected chi connectivity index (χ2v) is 4.05. The van der Waals surface area contributed by atoms with Gasteiger partial charge in [0.1, 0.15) is 5.69 Å². The number of nitrogen functional groups attached to an aromatic ring is 1. The second-order valence-electron chi connectivity index (χ2n) is 4.05. The minimum Gasteiger partial charge on any atom is -0.394 e. The molecule has 0 spiro atoms. The Morgan fingerprint density at radius 1 is 1.27 bits per heavy atom. The van der Waals surface area contributed by atoms with Gasteiger partial charge >= 0.3 is 0 Å². The first-order valence-electron chi connectivity index (χ1n) is 5.55. The van der Waals surface area contributed by atoms with Gasteiger partial charge in [0.15, 0.2) is 0 Å². The first-order chi connectivity index (χ1) is 7.07. The lowest BCUT2D eigenvalue weighted by Crippen LogP contribution is -2.17. The number of rotatable bonds is 4. The summed E-state index contributed by atoms with van der Waals surface area (Å²) in [7, 11) is 0. The van der Waals surface area contributed by atoms with Crippen LogP contribution in [-0.4, -0.2) is 4.98 Å². The molecule has 1 rings (SSSR count). The van der Waals surface area contributed by atoms with Crippen LogP contribution in [0.15, 0.2) is 4.79 Å². The third-order valence-corrected chi connectivity index (χ3v) is 2.89. The molecular weight excluding hydrogens is 188 g/mol. The van der Waals surface area contributed by atoms with Crippen molar-refractivity contribution in [2.75, 3.05) is 5.73 Å². The van der Waals surface area contributed by atoms with Crippen molar-refractivity contribution < 1.29 is 0 Å². The monoisotopic (exact) mass is 208 g/mol. The maximum absolute atomic E-state index is 11.4. The lowest BCUT2D eigenvalue weighted by atomic mass is 10.0. The number of aromatic nitrogens is 1. The van der Waals surface area contributed by atoms with E-state index in [1.165, 1.54) is 18.4 Å². The van der Waals surface area contributed by atoms with Crippen molar-refractivity contribution in [2.45, 2.75) is 46.5 Å². The second kappa shape index (κ2) is 5.01. The molecule has 1 aromatic heterocycles. The SMILES string of the molecule is CCCCCc1c(C)[nH]c(=O)c(N)c1C. The third-order valence-electron chi connectivity index (χ3n) is 2.89. The van der Waals surface area contributed by atoms with E-state index in [-0.39, 0.29) is 5.56 Å². The molecule has 3 heteroatoms. The van der Waals surface area contributed by atoms with Crippen LogP contribution in [0, 0.1) is 13.8 Å². The molecule has 0 amide bonds. The molecule has 1 heterocycles. The summed E-state index contributed by atoms with van der Waals surface area (Å²) >= 11 is 0. The highest BCUT2D eigenvalue weighted by atomic mass is 16.1. The summed E-state index contributed by atoms with van der Waals surface area (Å²) < 4.78 is 0. The van der Waals surface area contributed by atoms with Crippen LogP contribution in [-0.2, 0) is 6.42 Å². The molecule has 3 nitrogen and oxygen atoms in total. The molecule has 0 aromatic carbocycles. The van der Waals surface area contributed by atoms with Crippen LogP contribution in [0.2, 0.25) is 0 Å². The first-order valence-corrected chi connectivity index (χ1v) is 5.55. The predicted molar refractivity (Wildman–Crippen MR) is 64.2 cm³/mol. The molecule has 0 saturated carbocycles. The lowest BCUT2D eigenvalue weighted by molar-refractivity contribution is 0.710. The van der Waals surface area contributed by atoms with E-state index in [9.17, 15) is 4.79 Å². The van der Waals surface area contributed by atoms with Gasteiger partial charge in [0, 0.05) is 5.69 Å². The molecule has 1 aromatic rings. The van der Waals surface area contributed by atoms with Crippen LogP contribution in [0.3, 0.4) is 0 Å². The van der Waals surface area contributed by atoms with Crippen LogP contribution in [0.4, 0.5) is 5.69 Å². The number of aryl methyl sites for hydroxylation is 1. The van der Waals surface area contributed by atoms with Crippen LogP contribution in [0.25, 0.3) is 0 Å². The number of pyridine rings is 1. The molecule has 15 heavy (non-hydrogen) atoms. The number of H-pyrrole nitrogens is 1. The summed E-state index contributed by atoms with van der Waals surface area (Å²) in [6, 6.07) is 0. The maximum atomic E-state index is 11.4. The summed E-state index contributed by atoms with van der Waals surface area (Å²) in [5.74, 6) is 0. The van der Waals surface area contributed by atoms with E-state index in [0.29, 0.717) is 5.69 Å². The molecule has 0 atom stereocenters. The summed E-state index contributed by atoms with van der Waals surface area (Å²) in [5.41, 5.74) is 9.04. The third kappa shape index (κ3) is 2.61. The van der Waals surface area contributed by atoms with Crippen molar-refractivity contribution in [3.8, 4) is 0 Å². The molecule has 84 valence electrons. The summed E-state index contributed by atoms with van der Waals surface area (Å²) in [4.78, 5) is 14.2. The summed E-state index contributed by atoms with van der Waals surface area (Å²) in [5, 5.41) is 0. The van der Waals surface area contributed by atoms with Gasteiger partial charge in [0.2, 0.25) is 0 Å². The number of hydrogen-bond donors (Lipinski definition) is 2. The Morgan fingerprint density at radius 3 is 2.53 bits per heavy atom. The van der Waals surface area contributed by atoms with Gasteiger partial charge in [-0.3, -0.25) is 4.79 Å². The van der Waals surface area contributed by atoms with Crippen LogP contribution in [0.1, 0.15) is 43.0 Å². The van der Waals surface area contributed by atoms with Crippen molar-refractivity contribution in [1.29, 1.82) is 0 Å². The fourth-order valence-corrected chi connectivity index (χ4v) is 1.85. The van der Waals surface area contributed by atoms with Gasteiger partial charge in [-0.25, -0.2) is 0 Å². The molecule has 0 aliphatic rings. The van der Waals surface area contributed by atoms with Gasteiger partial charge < -0.3 is 10.7 Å². The largest absolute Gasteiger partial charge is 0.394 e. The maximum Gasteiger partial charge on any atom is 0.271 e. The van der Waals surface area contributed by atoms with E-state index in [2.05, 4.69) is 11.9 Å². The van der Waals surface area contributed by atoms with Crippen molar-refractivity contribution >= 4 is 5.69 Å². The topological polar surface area (TPSA) is 58.9 Å². The van der Waals surface area contributed by atoms with Crippen molar-refractivity contribution in [3.05, 3.63) is 27.2 Å². The molecule has 0 aliphatic heterocycles. The summed E-state index contributed by atoms with van der Waals surface area (Å²) in [6.07, 6.45) is 4.59. The molecular formula is C12H20N2O. The molecule has 0 aliphatic carbocycles. The Hall–Kier alpha value is -1.25. The predicted octanol–water partition coefficient (Wildman–Crippen LogP) is 2.31. The van der Waals surface area contributed by atoms with E-state index >= 15 is 0 Å². The van der Waals surface area contributed by atoms with Crippen molar-refractivity contribution in [2.24, 2.45) is 0 Å². The van der Waals surface area contributed by atoms with Crippen LogP contribution < -0.4 is 11.3 Å². The zero-order valence-corrected chi connectivity index (χ0v) is 9.81. The van der Waals surface area contributed by atoms with Crippen molar-refractivity contribution in [3.63, 3.8) is 0 Å². The van der Waals surface area contributed by atoms with E-state index in [0.717, 1.165) is 24.1 Å². The summed E-state index contributed by atoms with van der Waals surface area (Å²) in [6.45, 7) is 6.05. The van der Waals surface area contributed by atoms with Crippen LogP contribution >= 0.6 is 0 Å². The van der Waals surface area contributed by atoms with Gasteiger partial charge in [-0.15, -0.1) is 0 Å². The quantitative estimate of drug-likeness (QED) is 0.746. The Bertz CT molecular complexity index is 393. The molecule has 0 radical (unpaired) electrons. The van der Waals surface area contributed by atoms with Gasteiger partial charge in [-0.1, -0.05) is 19.8 Å². The highest BCUT2D eigenvalue weighted by molar-refractivity contribution is 5.49. The smallest absolute Gasteiger partial charge is 0.271 e. The molecule has 0 bridgehead atoms. The fourth-order valence-electron chi connectivity index (χ4n) is 1.85. The first kappa shape index (κ1) is 11.8. The number of aromatic amines is 1. The van der Waals surface area contributed by atoms with E-state index in [4.69, 9.17) is 5.73 Å². The fraction of sp³-hybridized carbons (Fsp3) is 0.583. The van der Waals surface area contributed by atoms with Crippen LogP contribution in [0.5, 0.6) is 0 Å². The van der Waals surface area contributed by atoms with E-state index in [1.54, 1.807) is 0 Å². The average Bonchev–Trinajstić information content (AvgIpc) is 2.20. The highest BCUT2D eigenvalue weighted by Crippen LogP contribution is 2.17. The van der Waals surface area contributed by atoms with Gasteiger partial charge in [0.25, 0.3) is 5.56 Å². The standard InChI is InChI=1S/C12H20N2O/c1-4-5-6-7-10-8(2)11(13)12(15)14-9(10)3/h4-7,13H2,1-3H3,(H,14,15). The molecule has 0 unspecified atom stereocenters. The highest BCUT2D eigenvalue weighted by Gasteiger charge is 2.08. The minimum atomic E-state index is -0.163. The van der Waals surface area contributed by atoms with Gasteiger partial charge in [0.05, 0.1) is 0 Å². The normalized spacial score (nSPS) is 10.6. The Kier molecular flexibility index (Phi) is 3.95. The van der Waals surface area contributed by atoms with Crippen molar-refractivity contribution in [1.82, 2.24) is 4.98 Å². The number of nitrogens with two attached hydrogens (primary N) is 1. The van der Waals surface area contributed by atoms with E-state index < -0.39 is 0 Å². The Morgan fingerprint density at radius 2 is 1.93 bits per heavy atom. The zero-order chi connectivity index (χ0) is 11.4. The average molecular weight is 208 g/mol.